The lowest BCUT2D eigenvalue weighted by Gasteiger charge is -2.32. The zero-order valence-corrected chi connectivity index (χ0v) is 12.6. The van der Waals surface area contributed by atoms with Crippen molar-refractivity contribution in [3.8, 4) is 0 Å². The van der Waals surface area contributed by atoms with E-state index in [9.17, 15) is 4.79 Å². The molecule has 0 spiro atoms. The molecule has 98 valence electrons. The summed E-state index contributed by atoms with van der Waals surface area (Å²) in [7, 11) is 0. The second-order valence-electron chi connectivity index (χ2n) is 4.02. The summed E-state index contributed by atoms with van der Waals surface area (Å²) in [5.41, 5.74) is 0.483. The molecule has 18 heavy (non-hydrogen) atoms. The first-order chi connectivity index (χ1) is 8.61. The first kappa shape index (κ1) is 14.1. The van der Waals surface area contributed by atoms with Gasteiger partial charge >= 0.3 is 0 Å². The van der Waals surface area contributed by atoms with Gasteiger partial charge in [-0.3, -0.25) is 4.79 Å². The highest BCUT2D eigenvalue weighted by atomic mass is 79.9. The van der Waals surface area contributed by atoms with E-state index in [1.807, 2.05) is 0 Å². The van der Waals surface area contributed by atoms with Crippen LogP contribution in [0.1, 0.15) is 10.4 Å². The lowest BCUT2D eigenvalue weighted by atomic mass is 10.1. The van der Waals surface area contributed by atoms with Crippen LogP contribution in [-0.2, 0) is 4.74 Å². The maximum Gasteiger partial charge on any atom is 0.255 e. The number of amides is 1. The van der Waals surface area contributed by atoms with Crippen LogP contribution in [0.3, 0.4) is 0 Å². The molecule has 1 atom stereocenters. The Morgan fingerprint density at radius 3 is 2.94 bits per heavy atom. The minimum absolute atomic E-state index is 0.0359. The summed E-state index contributed by atoms with van der Waals surface area (Å²) < 4.78 is 5.50. The van der Waals surface area contributed by atoms with Gasteiger partial charge in [0.2, 0.25) is 0 Å². The van der Waals surface area contributed by atoms with Crippen molar-refractivity contribution >= 4 is 45.0 Å². The fourth-order valence-electron chi connectivity index (χ4n) is 1.83. The quantitative estimate of drug-likeness (QED) is 0.765. The van der Waals surface area contributed by atoms with E-state index in [1.165, 1.54) is 0 Å². The zero-order valence-electron chi connectivity index (χ0n) is 9.54. The third kappa shape index (κ3) is 3.18. The first-order valence-electron chi connectivity index (χ1n) is 5.53. The third-order valence-electron chi connectivity index (χ3n) is 2.76. The molecule has 6 heteroatoms. The molecule has 1 aliphatic heterocycles. The van der Waals surface area contributed by atoms with Gasteiger partial charge in [0.1, 0.15) is 0 Å². The molecule has 1 saturated heterocycles. The Morgan fingerprint density at radius 1 is 1.50 bits per heavy atom. The van der Waals surface area contributed by atoms with Crippen LogP contribution in [0.2, 0.25) is 10.0 Å². The van der Waals surface area contributed by atoms with Gasteiger partial charge in [-0.1, -0.05) is 39.1 Å². The Kier molecular flexibility index (Phi) is 4.90. The minimum Gasteiger partial charge on any atom is -0.374 e. The molecule has 0 bridgehead atoms. The zero-order chi connectivity index (χ0) is 13.1. The molecule has 0 aromatic heterocycles. The van der Waals surface area contributed by atoms with E-state index in [-0.39, 0.29) is 12.0 Å². The smallest absolute Gasteiger partial charge is 0.255 e. The Balaban J connectivity index is 2.15. The summed E-state index contributed by atoms with van der Waals surface area (Å²) in [5, 5.41) is 1.62. The summed E-state index contributed by atoms with van der Waals surface area (Å²) in [5.74, 6) is -0.0779. The van der Waals surface area contributed by atoms with Gasteiger partial charge in [0.05, 0.1) is 23.3 Å². The van der Waals surface area contributed by atoms with Crippen LogP contribution in [-0.4, -0.2) is 41.9 Å². The van der Waals surface area contributed by atoms with E-state index in [2.05, 4.69) is 15.9 Å². The van der Waals surface area contributed by atoms with Gasteiger partial charge in [-0.05, 0) is 18.2 Å². The molecule has 1 amide bonds. The number of carbonyl (C=O) groups excluding carboxylic acids is 1. The lowest BCUT2D eigenvalue weighted by Crippen LogP contribution is -2.46. The Hall–Kier alpha value is -0.290. The maximum atomic E-state index is 12.3. The number of hydrogen-bond acceptors (Lipinski definition) is 2. The van der Waals surface area contributed by atoms with E-state index in [0.717, 1.165) is 0 Å². The number of benzene rings is 1. The second-order valence-corrected chi connectivity index (χ2v) is 5.51. The molecular formula is C12H12BrCl2NO2. The number of carbonyl (C=O) groups is 1. The summed E-state index contributed by atoms with van der Waals surface area (Å²) in [6.45, 7) is 1.71. The number of ether oxygens (including phenoxy) is 1. The van der Waals surface area contributed by atoms with Gasteiger partial charge < -0.3 is 9.64 Å². The SMILES string of the molecule is O=C(c1ccc(Cl)cc1Cl)N1CCOC(CBr)C1. The number of hydrogen-bond donors (Lipinski definition) is 0. The Morgan fingerprint density at radius 2 is 2.28 bits per heavy atom. The van der Waals surface area contributed by atoms with Crippen LogP contribution in [0.5, 0.6) is 0 Å². The Labute approximate surface area is 124 Å². The largest absolute Gasteiger partial charge is 0.374 e. The molecule has 0 radical (unpaired) electrons. The summed E-state index contributed by atoms with van der Waals surface area (Å²) in [4.78, 5) is 14.1. The van der Waals surface area contributed by atoms with Gasteiger partial charge in [-0.15, -0.1) is 0 Å². The highest BCUT2D eigenvalue weighted by molar-refractivity contribution is 9.09. The summed E-state index contributed by atoms with van der Waals surface area (Å²) >= 11 is 15.2. The van der Waals surface area contributed by atoms with Crippen LogP contribution in [0.25, 0.3) is 0 Å². The van der Waals surface area contributed by atoms with Crippen LogP contribution < -0.4 is 0 Å². The van der Waals surface area contributed by atoms with Crippen LogP contribution in [0.4, 0.5) is 0 Å². The van der Waals surface area contributed by atoms with Gasteiger partial charge in [0.25, 0.3) is 5.91 Å². The van der Waals surface area contributed by atoms with Crippen LogP contribution in [0.15, 0.2) is 18.2 Å². The highest BCUT2D eigenvalue weighted by Crippen LogP contribution is 2.23. The van der Waals surface area contributed by atoms with E-state index >= 15 is 0 Å². The fourth-order valence-corrected chi connectivity index (χ4v) is 2.71. The topological polar surface area (TPSA) is 29.5 Å². The molecule has 1 aromatic rings. The van der Waals surface area contributed by atoms with E-state index < -0.39 is 0 Å². The number of alkyl halides is 1. The predicted octanol–water partition coefficient (Wildman–Crippen LogP) is 3.23. The number of rotatable bonds is 2. The van der Waals surface area contributed by atoms with E-state index in [1.54, 1.807) is 23.1 Å². The molecule has 0 saturated carbocycles. The normalized spacial score (nSPS) is 19.9. The molecule has 1 fully saturated rings. The standard InChI is InChI=1S/C12H12BrCl2NO2/c13-6-9-7-16(3-4-18-9)12(17)10-2-1-8(14)5-11(10)15/h1-2,5,9H,3-4,6-7H2. The van der Waals surface area contributed by atoms with Crippen LogP contribution in [0, 0.1) is 0 Å². The number of nitrogens with zero attached hydrogens (tertiary/aromatic N) is 1. The molecule has 1 aromatic carbocycles. The second kappa shape index (κ2) is 6.24. The van der Waals surface area contributed by atoms with Gasteiger partial charge in [0.15, 0.2) is 0 Å². The molecule has 1 aliphatic rings. The molecule has 1 unspecified atom stereocenters. The Bertz CT molecular complexity index is 456. The predicted molar refractivity (Wildman–Crippen MR) is 75.9 cm³/mol. The summed E-state index contributed by atoms with van der Waals surface area (Å²) in [6.07, 6.45) is 0.0359. The summed E-state index contributed by atoms with van der Waals surface area (Å²) in [6, 6.07) is 4.91. The van der Waals surface area contributed by atoms with E-state index in [0.29, 0.717) is 40.6 Å². The average molecular weight is 353 g/mol. The van der Waals surface area contributed by atoms with Gasteiger partial charge in [-0.25, -0.2) is 0 Å². The maximum absolute atomic E-state index is 12.3. The van der Waals surface area contributed by atoms with Crippen molar-refractivity contribution < 1.29 is 9.53 Å². The fraction of sp³-hybridized carbons (Fsp3) is 0.417. The highest BCUT2D eigenvalue weighted by Gasteiger charge is 2.25. The monoisotopic (exact) mass is 351 g/mol. The van der Waals surface area contributed by atoms with Crippen molar-refractivity contribution in [2.75, 3.05) is 25.0 Å². The third-order valence-corrected chi connectivity index (χ3v) is 4.03. The molecule has 2 rings (SSSR count). The van der Waals surface area contributed by atoms with E-state index in [4.69, 9.17) is 27.9 Å². The lowest BCUT2D eigenvalue weighted by molar-refractivity contribution is -0.00964. The van der Waals surface area contributed by atoms with Crippen LogP contribution >= 0.6 is 39.1 Å². The minimum atomic E-state index is -0.0779. The van der Waals surface area contributed by atoms with Gasteiger partial charge in [-0.2, -0.15) is 0 Å². The first-order valence-corrected chi connectivity index (χ1v) is 7.41. The number of morpholine rings is 1. The molecule has 1 heterocycles. The number of halogens is 3. The molecule has 3 nitrogen and oxygen atoms in total. The van der Waals surface area contributed by atoms with Crippen molar-refractivity contribution in [1.82, 2.24) is 4.90 Å². The average Bonchev–Trinajstić information content (AvgIpc) is 2.38. The molecule has 0 N–H and O–H groups in total. The van der Waals surface area contributed by atoms with Crippen molar-refractivity contribution in [3.05, 3.63) is 33.8 Å². The van der Waals surface area contributed by atoms with Crippen molar-refractivity contribution in [1.29, 1.82) is 0 Å². The molecule has 0 aliphatic carbocycles. The van der Waals surface area contributed by atoms with Crippen molar-refractivity contribution in [2.24, 2.45) is 0 Å². The molecular weight excluding hydrogens is 341 g/mol. The van der Waals surface area contributed by atoms with Crippen molar-refractivity contribution in [3.63, 3.8) is 0 Å². The van der Waals surface area contributed by atoms with Gasteiger partial charge in [0, 0.05) is 23.4 Å². The van der Waals surface area contributed by atoms with Crippen molar-refractivity contribution in [2.45, 2.75) is 6.10 Å².